The number of nitrogens with zero attached hydrogens (tertiary/aromatic N) is 1. The molecular formula is C39H47N3. The van der Waals surface area contributed by atoms with Crippen LogP contribution in [-0.4, -0.2) is 16.5 Å². The highest BCUT2D eigenvalue weighted by Gasteiger charge is 2.50. The molecule has 0 radical (unpaired) electrons. The third-order valence-corrected chi connectivity index (χ3v) is 12.2. The van der Waals surface area contributed by atoms with E-state index in [1.54, 1.807) is 22.3 Å². The average Bonchev–Trinajstić information content (AvgIpc) is 3.84. The van der Waals surface area contributed by atoms with Crippen LogP contribution in [0.5, 0.6) is 0 Å². The molecule has 2 spiro atoms. The summed E-state index contributed by atoms with van der Waals surface area (Å²) in [7, 11) is 0. The van der Waals surface area contributed by atoms with Crippen molar-refractivity contribution in [1.82, 2.24) is 15.3 Å². The Kier molecular flexibility index (Phi) is 6.83. The molecule has 3 atom stereocenters. The molecule has 1 saturated heterocycles. The van der Waals surface area contributed by atoms with Crippen LogP contribution in [0.4, 0.5) is 0 Å². The molecule has 3 nitrogen and oxygen atoms in total. The van der Waals surface area contributed by atoms with E-state index in [9.17, 15) is 0 Å². The first-order valence-corrected chi connectivity index (χ1v) is 17.1. The van der Waals surface area contributed by atoms with E-state index in [1.807, 2.05) is 12.2 Å². The molecule has 3 unspecified atom stereocenters. The highest BCUT2D eigenvalue weighted by atomic mass is 15.0. The van der Waals surface area contributed by atoms with Gasteiger partial charge >= 0.3 is 0 Å². The number of nitrogens with one attached hydrogen (secondary N) is 2. The van der Waals surface area contributed by atoms with Crippen LogP contribution < -0.4 is 5.32 Å². The van der Waals surface area contributed by atoms with Crippen molar-refractivity contribution in [3.63, 3.8) is 0 Å². The van der Waals surface area contributed by atoms with Crippen molar-refractivity contribution in [3.05, 3.63) is 76.4 Å². The molecule has 4 fully saturated rings. The second-order valence-electron chi connectivity index (χ2n) is 14.7. The molecule has 5 aliphatic carbocycles. The van der Waals surface area contributed by atoms with Gasteiger partial charge in [-0.3, -0.25) is 0 Å². The maximum absolute atomic E-state index is 4.90. The van der Waals surface area contributed by atoms with Gasteiger partial charge in [0.25, 0.3) is 0 Å². The van der Waals surface area contributed by atoms with E-state index >= 15 is 0 Å². The van der Waals surface area contributed by atoms with Crippen molar-refractivity contribution in [2.24, 2.45) is 22.7 Å². The Morgan fingerprint density at radius 1 is 0.857 bits per heavy atom. The summed E-state index contributed by atoms with van der Waals surface area (Å²) in [6.07, 6.45) is 31.5. The van der Waals surface area contributed by atoms with Gasteiger partial charge in [0.1, 0.15) is 5.82 Å². The zero-order valence-corrected chi connectivity index (χ0v) is 25.5. The Balaban J connectivity index is 1.21. The first-order chi connectivity index (χ1) is 20.7. The normalized spacial score (nSPS) is 29.0. The zero-order chi connectivity index (χ0) is 28.1. The number of hydrogen-bond donors (Lipinski definition) is 2. The number of benzene rings is 1. The number of hydrogen-bond acceptors (Lipinski definition) is 2. The number of allylic oxidation sites excluding steroid dienone is 6. The summed E-state index contributed by atoms with van der Waals surface area (Å²) in [6, 6.07) is 5.23. The fourth-order valence-corrected chi connectivity index (χ4v) is 10.2. The van der Waals surface area contributed by atoms with Crippen LogP contribution in [-0.2, 0) is 12.8 Å². The monoisotopic (exact) mass is 557 g/mol. The minimum absolute atomic E-state index is 0.387. The highest BCUT2D eigenvalue weighted by molar-refractivity contribution is 5.83. The van der Waals surface area contributed by atoms with Gasteiger partial charge in [-0.2, -0.15) is 0 Å². The summed E-state index contributed by atoms with van der Waals surface area (Å²) in [4.78, 5) is 8.70. The lowest BCUT2D eigenvalue weighted by Gasteiger charge is -2.34. The summed E-state index contributed by atoms with van der Waals surface area (Å²) in [5.41, 5.74) is 11.5. The van der Waals surface area contributed by atoms with Gasteiger partial charge in [-0.25, -0.2) is 4.98 Å². The molecule has 8 rings (SSSR count). The Morgan fingerprint density at radius 2 is 1.60 bits per heavy atom. The molecule has 2 aromatic rings. The maximum Gasteiger partial charge on any atom is 0.123 e. The highest BCUT2D eigenvalue weighted by Crippen LogP contribution is 2.62. The van der Waals surface area contributed by atoms with Crippen molar-refractivity contribution in [2.45, 2.75) is 109 Å². The molecule has 1 aromatic carbocycles. The predicted molar refractivity (Wildman–Crippen MR) is 173 cm³/mol. The molecule has 3 heteroatoms. The van der Waals surface area contributed by atoms with Gasteiger partial charge in [-0.05, 0) is 140 Å². The third kappa shape index (κ3) is 4.57. The summed E-state index contributed by atoms with van der Waals surface area (Å²) >= 11 is 0. The molecule has 0 amide bonds. The number of imidazole rings is 1. The Bertz CT molecular complexity index is 1500. The molecule has 2 heterocycles. The number of H-pyrrole nitrogens is 1. The van der Waals surface area contributed by atoms with E-state index in [-0.39, 0.29) is 0 Å². The number of aromatic amines is 1. The van der Waals surface area contributed by atoms with Gasteiger partial charge in [0, 0.05) is 5.56 Å². The van der Waals surface area contributed by atoms with Crippen LogP contribution in [0.25, 0.3) is 11.1 Å². The molecule has 1 aromatic heterocycles. The van der Waals surface area contributed by atoms with Gasteiger partial charge in [0.05, 0.1) is 17.9 Å². The fourth-order valence-electron chi connectivity index (χ4n) is 10.2. The van der Waals surface area contributed by atoms with Gasteiger partial charge in [0.15, 0.2) is 0 Å². The molecule has 42 heavy (non-hydrogen) atoms. The van der Waals surface area contributed by atoms with Crippen molar-refractivity contribution in [1.29, 1.82) is 0 Å². The number of fused-ring (bicyclic) bond motifs is 2. The zero-order valence-electron chi connectivity index (χ0n) is 25.5. The summed E-state index contributed by atoms with van der Waals surface area (Å²) in [5.74, 6) is 9.17. The lowest BCUT2D eigenvalue weighted by molar-refractivity contribution is 0.191. The first-order valence-electron chi connectivity index (χ1n) is 17.1. The summed E-state index contributed by atoms with van der Waals surface area (Å²) in [6.45, 7) is 3.16. The standard InChI is InChI=1S/C39H47N3/c1-2-3-5-11-27-13-14-28(32-23-38(22-31(27)32)19-8-9-20-38)29-15-16-30(36-26-41-37(42-36)35-12-10-21-40-35)34-25-39(24-33(29)34)17-6-4-7-18-39/h2-3,13-16,26,33-35,40H,4,6-10,12,17-25H2,1H3,(H,41,42). The largest absolute Gasteiger partial charge is 0.341 e. The van der Waals surface area contributed by atoms with E-state index in [2.05, 4.69) is 59.5 Å². The molecular weight excluding hydrogens is 510 g/mol. The third-order valence-electron chi connectivity index (χ3n) is 12.2. The lowest BCUT2D eigenvalue weighted by Crippen LogP contribution is -2.20. The van der Waals surface area contributed by atoms with Crippen molar-refractivity contribution in [2.75, 3.05) is 6.54 Å². The number of rotatable bonds is 3. The summed E-state index contributed by atoms with van der Waals surface area (Å²) in [5, 5.41) is 3.64. The van der Waals surface area contributed by atoms with Crippen LogP contribution in [0.1, 0.15) is 130 Å². The van der Waals surface area contributed by atoms with Crippen LogP contribution in [0.15, 0.2) is 42.6 Å². The van der Waals surface area contributed by atoms with E-state index in [4.69, 9.17) is 4.98 Å². The molecule has 3 saturated carbocycles. The predicted octanol–water partition coefficient (Wildman–Crippen LogP) is 8.88. The van der Waals surface area contributed by atoms with Crippen LogP contribution in [0.3, 0.4) is 0 Å². The first kappa shape index (κ1) is 26.8. The van der Waals surface area contributed by atoms with Crippen molar-refractivity contribution in [3.8, 4) is 11.8 Å². The van der Waals surface area contributed by atoms with Crippen LogP contribution in [0.2, 0.25) is 0 Å². The maximum atomic E-state index is 4.90. The van der Waals surface area contributed by atoms with Gasteiger partial charge in [-0.1, -0.05) is 68.2 Å². The summed E-state index contributed by atoms with van der Waals surface area (Å²) < 4.78 is 0. The van der Waals surface area contributed by atoms with E-state index in [0.717, 1.165) is 12.4 Å². The van der Waals surface area contributed by atoms with Gasteiger partial charge in [-0.15, -0.1) is 0 Å². The second-order valence-corrected chi connectivity index (χ2v) is 14.7. The van der Waals surface area contributed by atoms with Crippen LogP contribution >= 0.6 is 0 Å². The van der Waals surface area contributed by atoms with Gasteiger partial charge in [0.2, 0.25) is 0 Å². The van der Waals surface area contributed by atoms with E-state index in [1.165, 1.54) is 113 Å². The molecule has 218 valence electrons. The number of aromatic nitrogens is 2. The molecule has 6 aliphatic rings. The minimum atomic E-state index is 0.387. The molecule has 2 N–H and O–H groups in total. The lowest BCUT2D eigenvalue weighted by atomic mass is 9.71. The van der Waals surface area contributed by atoms with Gasteiger partial charge < -0.3 is 10.3 Å². The fraction of sp³-hybridized carbons (Fsp3) is 0.564. The van der Waals surface area contributed by atoms with E-state index in [0.29, 0.717) is 28.7 Å². The molecule has 0 bridgehead atoms. The smallest absolute Gasteiger partial charge is 0.123 e. The Morgan fingerprint density at radius 3 is 2.38 bits per heavy atom. The quantitative estimate of drug-likeness (QED) is 0.370. The van der Waals surface area contributed by atoms with Crippen molar-refractivity contribution < 1.29 is 0 Å². The SMILES string of the molecule is CC=CC#Cc1ccc(C2=CC=C(c3cnc(C4CCCN4)[nH]3)C3CC4(CCCCC4)CC23)c2c1CC1(CCCC1)C2. The Hall–Kier alpha value is -2.83. The van der Waals surface area contributed by atoms with Crippen molar-refractivity contribution >= 4 is 11.1 Å². The average molecular weight is 558 g/mol. The Labute approximate surface area is 252 Å². The minimum Gasteiger partial charge on any atom is -0.341 e. The van der Waals surface area contributed by atoms with E-state index < -0.39 is 0 Å². The van der Waals surface area contributed by atoms with Crippen LogP contribution in [0, 0.1) is 34.5 Å². The topological polar surface area (TPSA) is 40.7 Å². The molecule has 1 aliphatic heterocycles. The second kappa shape index (κ2) is 10.7.